The van der Waals surface area contributed by atoms with Crippen molar-refractivity contribution in [2.75, 3.05) is 11.9 Å². The number of aryl methyl sites for hydroxylation is 2. The summed E-state index contributed by atoms with van der Waals surface area (Å²) in [6, 6.07) is 8.60. The van der Waals surface area contributed by atoms with E-state index in [-0.39, 0.29) is 24.3 Å². The van der Waals surface area contributed by atoms with E-state index in [4.69, 9.17) is 0 Å². The molecule has 6 heteroatoms. The number of rotatable bonds is 5. The molecule has 1 aromatic carbocycles. The van der Waals surface area contributed by atoms with E-state index in [9.17, 15) is 9.59 Å². The summed E-state index contributed by atoms with van der Waals surface area (Å²) < 4.78 is 1.94. The highest BCUT2D eigenvalue weighted by Gasteiger charge is 2.25. The fourth-order valence-electron chi connectivity index (χ4n) is 3.57. The predicted octanol–water partition coefficient (Wildman–Crippen LogP) is 3.61. The number of nitrogens with one attached hydrogen (secondary N) is 2. The summed E-state index contributed by atoms with van der Waals surface area (Å²) in [6.45, 7) is 7.83. The van der Waals surface area contributed by atoms with Gasteiger partial charge in [0.1, 0.15) is 5.82 Å². The second-order valence-corrected chi connectivity index (χ2v) is 8.53. The SMILES string of the molecule is Cc1cnn(C2CCCc3ccccc32)c1NC(=O)CCNC(=O)C(C)(C)C. The lowest BCUT2D eigenvalue weighted by molar-refractivity contribution is -0.128. The quantitative estimate of drug-likeness (QED) is 0.829. The molecule has 1 heterocycles. The van der Waals surface area contributed by atoms with Gasteiger partial charge in [0.2, 0.25) is 11.8 Å². The van der Waals surface area contributed by atoms with Gasteiger partial charge in [-0.2, -0.15) is 5.10 Å². The summed E-state index contributed by atoms with van der Waals surface area (Å²) in [6.07, 6.45) is 5.22. The van der Waals surface area contributed by atoms with Crippen molar-refractivity contribution in [3.8, 4) is 0 Å². The van der Waals surface area contributed by atoms with E-state index in [0.717, 1.165) is 30.6 Å². The lowest BCUT2D eigenvalue weighted by Gasteiger charge is -2.27. The average molecular weight is 383 g/mol. The number of hydrogen-bond acceptors (Lipinski definition) is 3. The summed E-state index contributed by atoms with van der Waals surface area (Å²) in [5, 5.41) is 10.4. The lowest BCUT2D eigenvalue weighted by Crippen LogP contribution is -2.36. The Kier molecular flexibility index (Phi) is 5.87. The third-order valence-corrected chi connectivity index (χ3v) is 5.19. The first-order valence-corrected chi connectivity index (χ1v) is 9.97. The molecule has 150 valence electrons. The zero-order valence-electron chi connectivity index (χ0n) is 17.2. The van der Waals surface area contributed by atoms with Crippen LogP contribution in [0.4, 0.5) is 5.82 Å². The van der Waals surface area contributed by atoms with Crippen LogP contribution in [0.3, 0.4) is 0 Å². The maximum Gasteiger partial charge on any atom is 0.227 e. The molecule has 2 N–H and O–H groups in total. The number of benzene rings is 1. The Hall–Kier alpha value is -2.63. The second-order valence-electron chi connectivity index (χ2n) is 8.53. The molecule has 1 atom stereocenters. The van der Waals surface area contributed by atoms with E-state index in [2.05, 4.69) is 40.0 Å². The van der Waals surface area contributed by atoms with Crippen molar-refractivity contribution in [3.05, 3.63) is 47.2 Å². The average Bonchev–Trinajstić information content (AvgIpc) is 3.00. The second kappa shape index (κ2) is 8.17. The van der Waals surface area contributed by atoms with Gasteiger partial charge in [0, 0.05) is 23.9 Å². The Labute approximate surface area is 166 Å². The van der Waals surface area contributed by atoms with E-state index in [1.54, 1.807) is 6.20 Å². The maximum absolute atomic E-state index is 12.5. The van der Waals surface area contributed by atoms with E-state index < -0.39 is 5.41 Å². The molecule has 28 heavy (non-hydrogen) atoms. The summed E-state index contributed by atoms with van der Waals surface area (Å²) >= 11 is 0. The van der Waals surface area contributed by atoms with Gasteiger partial charge in [0.15, 0.2) is 0 Å². The first kappa shape index (κ1) is 20.1. The van der Waals surface area contributed by atoms with Gasteiger partial charge in [-0.3, -0.25) is 9.59 Å². The number of anilines is 1. The van der Waals surface area contributed by atoms with Gasteiger partial charge in [-0.05, 0) is 37.3 Å². The highest BCUT2D eigenvalue weighted by atomic mass is 16.2. The van der Waals surface area contributed by atoms with Crippen LogP contribution in [0, 0.1) is 12.3 Å². The molecule has 2 amide bonds. The molecule has 1 unspecified atom stereocenters. The van der Waals surface area contributed by atoms with E-state index >= 15 is 0 Å². The Morgan fingerprint density at radius 3 is 2.75 bits per heavy atom. The monoisotopic (exact) mass is 382 g/mol. The molecule has 0 spiro atoms. The largest absolute Gasteiger partial charge is 0.355 e. The standard InChI is InChI=1S/C22H30N4O2/c1-15-14-24-26(18-11-7-9-16-8-5-6-10-17(16)18)20(15)25-19(27)12-13-23-21(28)22(2,3)4/h5-6,8,10,14,18H,7,9,11-13H2,1-4H3,(H,23,28)(H,25,27). The van der Waals surface area contributed by atoms with Crippen LogP contribution in [0.5, 0.6) is 0 Å². The number of nitrogens with zero attached hydrogens (tertiary/aromatic N) is 2. The molecule has 0 saturated carbocycles. The van der Waals surface area contributed by atoms with Crippen LogP contribution in [0.15, 0.2) is 30.5 Å². The van der Waals surface area contributed by atoms with Gasteiger partial charge >= 0.3 is 0 Å². The van der Waals surface area contributed by atoms with Gasteiger partial charge in [0.05, 0.1) is 12.2 Å². The molecule has 3 rings (SSSR count). The Bertz CT molecular complexity index is 864. The van der Waals surface area contributed by atoms with Crippen LogP contribution >= 0.6 is 0 Å². The van der Waals surface area contributed by atoms with Crippen LogP contribution in [-0.4, -0.2) is 28.1 Å². The normalized spacial score (nSPS) is 16.4. The molecule has 0 radical (unpaired) electrons. The number of aromatic nitrogens is 2. The Morgan fingerprint density at radius 1 is 1.25 bits per heavy atom. The predicted molar refractivity (Wildman–Crippen MR) is 110 cm³/mol. The van der Waals surface area contributed by atoms with Crippen molar-refractivity contribution in [1.82, 2.24) is 15.1 Å². The molecular weight excluding hydrogens is 352 g/mol. The number of carbonyl (C=O) groups is 2. The number of hydrogen-bond donors (Lipinski definition) is 2. The van der Waals surface area contributed by atoms with Gasteiger partial charge < -0.3 is 10.6 Å². The first-order valence-electron chi connectivity index (χ1n) is 9.97. The number of carbonyl (C=O) groups excluding carboxylic acids is 2. The zero-order chi connectivity index (χ0) is 20.3. The summed E-state index contributed by atoms with van der Waals surface area (Å²) in [5.74, 6) is 0.567. The molecule has 1 aliphatic carbocycles. The molecule has 1 aromatic heterocycles. The van der Waals surface area contributed by atoms with Crippen molar-refractivity contribution >= 4 is 17.6 Å². The van der Waals surface area contributed by atoms with E-state index in [0.29, 0.717) is 6.54 Å². The lowest BCUT2D eigenvalue weighted by atomic mass is 9.88. The Balaban J connectivity index is 1.69. The number of fused-ring (bicyclic) bond motifs is 1. The van der Waals surface area contributed by atoms with Crippen molar-refractivity contribution < 1.29 is 9.59 Å². The minimum atomic E-state index is -0.458. The summed E-state index contributed by atoms with van der Waals surface area (Å²) in [5.41, 5.74) is 3.12. The Morgan fingerprint density at radius 2 is 2.00 bits per heavy atom. The highest BCUT2D eigenvalue weighted by molar-refractivity contribution is 5.91. The van der Waals surface area contributed by atoms with Gasteiger partial charge in [-0.1, -0.05) is 45.0 Å². The zero-order valence-corrected chi connectivity index (χ0v) is 17.2. The van der Waals surface area contributed by atoms with Crippen molar-refractivity contribution in [2.24, 2.45) is 5.41 Å². The molecule has 2 aromatic rings. The fraction of sp³-hybridized carbons (Fsp3) is 0.500. The van der Waals surface area contributed by atoms with E-state index in [1.807, 2.05) is 32.4 Å². The van der Waals surface area contributed by atoms with Crippen molar-refractivity contribution in [3.63, 3.8) is 0 Å². The third-order valence-electron chi connectivity index (χ3n) is 5.19. The molecule has 0 fully saturated rings. The smallest absolute Gasteiger partial charge is 0.227 e. The minimum Gasteiger partial charge on any atom is -0.355 e. The topological polar surface area (TPSA) is 76.0 Å². The van der Waals surface area contributed by atoms with E-state index in [1.165, 1.54) is 11.1 Å². The van der Waals surface area contributed by atoms with Crippen LogP contribution in [0.25, 0.3) is 0 Å². The molecular formula is C22H30N4O2. The molecule has 1 aliphatic rings. The molecule has 0 bridgehead atoms. The molecule has 0 saturated heterocycles. The molecule has 0 aliphatic heterocycles. The van der Waals surface area contributed by atoms with Gasteiger partial charge in [-0.15, -0.1) is 0 Å². The minimum absolute atomic E-state index is 0.0552. The maximum atomic E-state index is 12.5. The number of amides is 2. The summed E-state index contributed by atoms with van der Waals surface area (Å²) in [7, 11) is 0. The fourth-order valence-corrected chi connectivity index (χ4v) is 3.57. The van der Waals surface area contributed by atoms with Crippen LogP contribution in [-0.2, 0) is 16.0 Å². The van der Waals surface area contributed by atoms with Crippen molar-refractivity contribution in [2.45, 2.75) is 59.4 Å². The third kappa shape index (κ3) is 4.43. The van der Waals surface area contributed by atoms with Crippen LogP contribution < -0.4 is 10.6 Å². The molecule has 6 nitrogen and oxygen atoms in total. The van der Waals surface area contributed by atoms with Crippen LogP contribution in [0.1, 0.15) is 62.8 Å². The first-order chi connectivity index (χ1) is 13.3. The summed E-state index contributed by atoms with van der Waals surface area (Å²) in [4.78, 5) is 24.4. The van der Waals surface area contributed by atoms with Gasteiger partial charge in [0.25, 0.3) is 0 Å². The highest BCUT2D eigenvalue weighted by Crippen LogP contribution is 2.35. The van der Waals surface area contributed by atoms with Crippen LogP contribution in [0.2, 0.25) is 0 Å². The van der Waals surface area contributed by atoms with Crippen molar-refractivity contribution in [1.29, 1.82) is 0 Å². The van der Waals surface area contributed by atoms with Gasteiger partial charge in [-0.25, -0.2) is 4.68 Å².